The van der Waals surface area contributed by atoms with Crippen LogP contribution >= 0.6 is 7.55 Å². The summed E-state index contributed by atoms with van der Waals surface area (Å²) in [5, 5.41) is 1.68. The first-order valence-corrected chi connectivity index (χ1v) is 9.53. The van der Waals surface area contributed by atoms with Crippen molar-refractivity contribution in [2.24, 2.45) is 0 Å². The molecular weight excluding hydrogens is 259 g/mol. The minimum absolute atomic E-state index is 0.0864. The van der Waals surface area contributed by atoms with E-state index in [0.29, 0.717) is 0 Å². The van der Waals surface area contributed by atoms with E-state index in [-0.39, 0.29) is 7.55 Å². The van der Waals surface area contributed by atoms with Crippen molar-refractivity contribution in [2.75, 3.05) is 12.3 Å². The summed E-state index contributed by atoms with van der Waals surface area (Å²) in [4.78, 5) is 0. The summed E-state index contributed by atoms with van der Waals surface area (Å²) in [6, 6.07) is 4.65. The maximum Gasteiger partial charge on any atom is 0.127 e. The maximum atomic E-state index is 4.28. The van der Waals surface area contributed by atoms with Crippen molar-refractivity contribution in [3.63, 3.8) is 0 Å². The summed E-state index contributed by atoms with van der Waals surface area (Å²) in [6.07, 6.45) is 8.29. The highest BCUT2D eigenvalue weighted by molar-refractivity contribution is 7.59. The average Bonchev–Trinajstić information content (AvgIpc) is 2.38. The Morgan fingerprint density at radius 2 is 1.60 bits per heavy atom. The van der Waals surface area contributed by atoms with Crippen molar-refractivity contribution in [1.82, 2.24) is 0 Å². The zero-order valence-corrected chi connectivity index (χ0v) is 14.4. The fourth-order valence-electron chi connectivity index (χ4n) is 3.35. The molecule has 1 saturated heterocycles. The average molecular weight is 287 g/mol. The third-order valence-electron chi connectivity index (χ3n) is 4.42. The molecule has 1 fully saturated rings. The topological polar surface area (TPSA) is 0 Å². The Bertz CT molecular complexity index is 518. The van der Waals surface area contributed by atoms with Crippen LogP contribution in [-0.2, 0) is 6.42 Å². The molecule has 1 aromatic rings. The van der Waals surface area contributed by atoms with Crippen LogP contribution < -0.4 is 0 Å². The molecule has 1 heterocycles. The zero-order chi connectivity index (χ0) is 14.7. The summed E-state index contributed by atoms with van der Waals surface area (Å²) < 4.78 is 0. The highest BCUT2D eigenvalue weighted by atomic mass is 31.1. The summed E-state index contributed by atoms with van der Waals surface area (Å²) in [7, 11) is 0.0864. The van der Waals surface area contributed by atoms with E-state index < -0.39 is 0 Å². The van der Waals surface area contributed by atoms with E-state index in [4.69, 9.17) is 0 Å². The lowest BCUT2D eigenvalue weighted by atomic mass is 9.95. The summed E-state index contributed by atoms with van der Waals surface area (Å²) in [5.74, 6) is 0. The van der Waals surface area contributed by atoms with Crippen LogP contribution in [0.3, 0.4) is 0 Å². The van der Waals surface area contributed by atoms with E-state index in [1.54, 1.807) is 10.9 Å². The Balaban J connectivity index is 2.36. The largest absolute Gasteiger partial charge is 0.127 e. The maximum absolute atomic E-state index is 4.28. The molecule has 0 amide bonds. The third-order valence-corrected chi connectivity index (χ3v) is 7.43. The van der Waals surface area contributed by atoms with Crippen LogP contribution in [0.4, 0.5) is 0 Å². The lowest BCUT2D eigenvalue weighted by Gasteiger charge is -2.14. The van der Waals surface area contributed by atoms with Crippen molar-refractivity contribution < 1.29 is 0 Å². The zero-order valence-electron chi connectivity index (χ0n) is 13.6. The smallest absolute Gasteiger partial charge is 0.0921 e. The van der Waals surface area contributed by atoms with Crippen LogP contribution in [0.25, 0.3) is 0 Å². The molecule has 0 nitrogen and oxygen atoms in total. The van der Waals surface area contributed by atoms with Crippen LogP contribution in [0, 0.1) is 20.8 Å². The summed E-state index contributed by atoms with van der Waals surface area (Å²) in [6.45, 7) is 13.2. The van der Waals surface area contributed by atoms with Crippen molar-refractivity contribution in [1.29, 1.82) is 0 Å². The summed E-state index contributed by atoms with van der Waals surface area (Å²) >= 11 is 0. The van der Waals surface area contributed by atoms with E-state index >= 15 is 0 Å². The number of benzene rings is 1. The second-order valence-electron chi connectivity index (χ2n) is 6.33. The predicted molar refractivity (Wildman–Crippen MR) is 94.7 cm³/mol. The normalized spacial score (nSPS) is 15.3. The van der Waals surface area contributed by atoms with E-state index in [9.17, 15) is 0 Å². The Morgan fingerprint density at radius 3 is 2.10 bits per heavy atom. The van der Waals surface area contributed by atoms with Crippen LogP contribution in [0.5, 0.6) is 0 Å². The molecule has 0 aromatic heterocycles. The highest BCUT2D eigenvalue weighted by Gasteiger charge is 2.23. The second kappa shape index (κ2) is 6.72. The Labute approximate surface area is 125 Å². The van der Waals surface area contributed by atoms with Crippen molar-refractivity contribution in [3.05, 3.63) is 46.5 Å². The predicted octanol–water partition coefficient (Wildman–Crippen LogP) is 5.57. The Kier molecular flexibility index (Phi) is 5.22. The molecule has 0 atom stereocenters. The van der Waals surface area contributed by atoms with Crippen LogP contribution in [-0.4, -0.2) is 17.6 Å². The molecule has 1 aromatic carbocycles. The van der Waals surface area contributed by atoms with Gasteiger partial charge < -0.3 is 0 Å². The van der Waals surface area contributed by atoms with E-state index in [2.05, 4.69) is 46.4 Å². The molecule has 20 heavy (non-hydrogen) atoms. The molecule has 108 valence electrons. The van der Waals surface area contributed by atoms with Gasteiger partial charge in [0.05, 0.1) is 7.55 Å². The van der Waals surface area contributed by atoms with Gasteiger partial charge in [-0.1, -0.05) is 24.3 Å². The first-order valence-electron chi connectivity index (χ1n) is 7.82. The lowest BCUT2D eigenvalue weighted by Crippen LogP contribution is -2.10. The van der Waals surface area contributed by atoms with Crippen molar-refractivity contribution in [2.45, 2.75) is 53.4 Å². The van der Waals surface area contributed by atoms with E-state index in [0.717, 1.165) is 6.42 Å². The van der Waals surface area contributed by atoms with E-state index in [1.807, 2.05) is 0 Å². The second-order valence-corrected chi connectivity index (χ2v) is 8.84. The summed E-state index contributed by atoms with van der Waals surface area (Å²) in [5.41, 5.74) is 7.16. The van der Waals surface area contributed by atoms with Gasteiger partial charge in [0.15, 0.2) is 0 Å². The monoisotopic (exact) mass is 287 g/mol. The molecule has 0 bridgehead atoms. The van der Waals surface area contributed by atoms with Crippen LogP contribution in [0.1, 0.15) is 48.4 Å². The van der Waals surface area contributed by atoms with Crippen molar-refractivity contribution >= 4 is 12.8 Å². The number of aryl methyl sites for hydroxylation is 3. The fourth-order valence-corrected chi connectivity index (χ4v) is 6.25. The van der Waals surface area contributed by atoms with Gasteiger partial charge in [-0.05, 0) is 69.2 Å². The SMILES string of the molecule is C=C(C)C(Cc1c(C)cc(C)cc1C)=[P+]1CCCCC1. The van der Waals surface area contributed by atoms with Crippen LogP contribution in [0.15, 0.2) is 24.3 Å². The molecule has 0 aliphatic carbocycles. The quantitative estimate of drug-likeness (QED) is 0.638. The van der Waals surface area contributed by atoms with Gasteiger partial charge >= 0.3 is 0 Å². The van der Waals surface area contributed by atoms with Crippen molar-refractivity contribution in [3.8, 4) is 0 Å². The Morgan fingerprint density at radius 1 is 1.05 bits per heavy atom. The molecular formula is C19H28P+. The highest BCUT2D eigenvalue weighted by Crippen LogP contribution is 2.36. The van der Waals surface area contributed by atoms with Gasteiger partial charge in [0.1, 0.15) is 17.6 Å². The Hall–Kier alpha value is -0.870. The molecule has 1 heteroatoms. The molecule has 1 aliphatic rings. The van der Waals surface area contributed by atoms with Gasteiger partial charge in [-0.15, -0.1) is 0 Å². The lowest BCUT2D eigenvalue weighted by molar-refractivity contribution is 0.757. The van der Waals surface area contributed by atoms with Gasteiger partial charge in [0.25, 0.3) is 0 Å². The molecule has 0 saturated carbocycles. The molecule has 0 N–H and O–H groups in total. The number of allylic oxidation sites excluding steroid dienone is 1. The first-order chi connectivity index (χ1) is 9.49. The third kappa shape index (κ3) is 3.61. The van der Waals surface area contributed by atoms with Gasteiger partial charge in [0.2, 0.25) is 0 Å². The molecule has 2 rings (SSSR count). The molecule has 0 unspecified atom stereocenters. The number of hydrogen-bond acceptors (Lipinski definition) is 0. The molecule has 0 radical (unpaired) electrons. The minimum atomic E-state index is 0.0864. The minimum Gasteiger partial charge on any atom is -0.0921 e. The molecule has 0 spiro atoms. The van der Waals surface area contributed by atoms with Gasteiger partial charge in [-0.25, -0.2) is 0 Å². The number of hydrogen-bond donors (Lipinski definition) is 0. The van der Waals surface area contributed by atoms with Gasteiger partial charge in [-0.2, -0.15) is 0 Å². The molecule has 1 aliphatic heterocycles. The standard InChI is InChI=1S/C19H28P/c1-14(2)19(20-9-7-6-8-10-20)13-18-16(4)11-15(3)12-17(18)5/h11-12H,1,6-10,13H2,2-5H3/q+1. The van der Waals surface area contributed by atoms with Crippen LogP contribution in [0.2, 0.25) is 0 Å². The van der Waals surface area contributed by atoms with E-state index in [1.165, 1.54) is 53.8 Å². The van der Waals surface area contributed by atoms with Gasteiger partial charge in [-0.3, -0.25) is 0 Å². The van der Waals surface area contributed by atoms with Gasteiger partial charge in [0, 0.05) is 6.42 Å². The number of rotatable bonds is 3. The fraction of sp³-hybridized carbons (Fsp3) is 0.526. The first kappa shape index (κ1) is 15.5.